The fourth-order valence-corrected chi connectivity index (χ4v) is 1.04. The van der Waals surface area contributed by atoms with Crippen molar-refractivity contribution in [3.8, 4) is 0 Å². The van der Waals surface area contributed by atoms with Crippen LogP contribution in [0.5, 0.6) is 0 Å². The highest BCUT2D eigenvalue weighted by molar-refractivity contribution is 5.59. The first-order chi connectivity index (χ1) is 7.05. The van der Waals surface area contributed by atoms with E-state index in [1.54, 1.807) is 0 Å². The number of rotatable bonds is 3. The molecule has 1 heterocycles. The Balaban J connectivity index is 3.02. The van der Waals surface area contributed by atoms with Crippen LogP contribution in [0.15, 0.2) is 24.4 Å². The maximum absolute atomic E-state index is 12.4. The zero-order chi connectivity index (χ0) is 11.3. The summed E-state index contributed by atoms with van der Waals surface area (Å²) in [5.41, 5.74) is -0.973. The van der Waals surface area contributed by atoms with Crippen LogP contribution in [0.1, 0.15) is 17.7 Å². The Hall–Kier alpha value is -1.65. The van der Waals surface area contributed by atoms with Gasteiger partial charge in [-0.05, 0) is 6.07 Å². The maximum Gasteiger partial charge on any atom is 0.433 e. The standard InChI is InChI=1S/C10H8F3NO/c11-10(12,13)9-8(4-1-2-7-15)5-3-6-14-9/h1,3-7H,2H2. The molecule has 0 radical (unpaired) electrons. The summed E-state index contributed by atoms with van der Waals surface area (Å²) in [7, 11) is 0. The van der Waals surface area contributed by atoms with Crippen molar-refractivity contribution >= 4 is 12.4 Å². The summed E-state index contributed by atoms with van der Waals surface area (Å²) in [5, 5.41) is 0. The van der Waals surface area contributed by atoms with Crippen LogP contribution in [-0.2, 0) is 11.0 Å². The zero-order valence-electron chi connectivity index (χ0n) is 7.66. The lowest BCUT2D eigenvalue weighted by molar-refractivity contribution is -0.141. The monoisotopic (exact) mass is 215 g/mol. The third-order valence-electron chi connectivity index (χ3n) is 1.64. The Bertz CT molecular complexity index is 371. The van der Waals surface area contributed by atoms with Gasteiger partial charge in [0.25, 0.3) is 0 Å². The second-order valence-electron chi connectivity index (χ2n) is 2.74. The molecule has 0 saturated carbocycles. The topological polar surface area (TPSA) is 30.0 Å². The van der Waals surface area contributed by atoms with E-state index in [-0.39, 0.29) is 12.0 Å². The van der Waals surface area contributed by atoms with E-state index >= 15 is 0 Å². The molecule has 1 aromatic rings. The molecular formula is C10H8F3NO. The number of nitrogens with zero attached hydrogens (tertiary/aromatic N) is 1. The third-order valence-corrected chi connectivity index (χ3v) is 1.64. The van der Waals surface area contributed by atoms with Gasteiger partial charge >= 0.3 is 6.18 Å². The molecule has 0 aliphatic rings. The SMILES string of the molecule is O=CCC=Cc1cccnc1C(F)(F)F. The summed E-state index contributed by atoms with van der Waals surface area (Å²) in [4.78, 5) is 13.3. The highest BCUT2D eigenvalue weighted by Gasteiger charge is 2.34. The van der Waals surface area contributed by atoms with Crippen molar-refractivity contribution in [2.45, 2.75) is 12.6 Å². The zero-order valence-corrected chi connectivity index (χ0v) is 7.66. The van der Waals surface area contributed by atoms with Crippen LogP contribution >= 0.6 is 0 Å². The van der Waals surface area contributed by atoms with Gasteiger partial charge in [-0.25, -0.2) is 0 Å². The summed E-state index contributed by atoms with van der Waals surface area (Å²) < 4.78 is 37.2. The number of aromatic nitrogens is 1. The third kappa shape index (κ3) is 3.19. The number of hydrogen-bond donors (Lipinski definition) is 0. The molecule has 0 fully saturated rings. The highest BCUT2D eigenvalue weighted by Crippen LogP contribution is 2.30. The normalized spacial score (nSPS) is 11.9. The minimum absolute atomic E-state index is 0.0353. The predicted molar refractivity (Wildman–Crippen MR) is 49.0 cm³/mol. The molecule has 80 valence electrons. The van der Waals surface area contributed by atoms with Gasteiger partial charge in [0.05, 0.1) is 0 Å². The number of hydrogen-bond acceptors (Lipinski definition) is 2. The molecule has 0 N–H and O–H groups in total. The number of carbonyl (C=O) groups excluding carboxylic acids is 1. The quantitative estimate of drug-likeness (QED) is 0.725. The molecule has 0 aliphatic heterocycles. The first-order valence-electron chi connectivity index (χ1n) is 4.18. The molecule has 0 atom stereocenters. The largest absolute Gasteiger partial charge is 0.433 e. The molecule has 1 rings (SSSR count). The van der Waals surface area contributed by atoms with Crippen molar-refractivity contribution in [2.24, 2.45) is 0 Å². The number of alkyl halides is 3. The van der Waals surface area contributed by atoms with E-state index in [2.05, 4.69) is 4.98 Å². The van der Waals surface area contributed by atoms with Gasteiger partial charge in [0.15, 0.2) is 5.69 Å². The fraction of sp³-hybridized carbons (Fsp3) is 0.200. The molecule has 15 heavy (non-hydrogen) atoms. The van der Waals surface area contributed by atoms with Crippen LogP contribution in [0, 0.1) is 0 Å². The molecule has 0 amide bonds. The van der Waals surface area contributed by atoms with Gasteiger partial charge in [0.2, 0.25) is 0 Å². The van der Waals surface area contributed by atoms with E-state index in [4.69, 9.17) is 0 Å². The van der Waals surface area contributed by atoms with Gasteiger partial charge in [-0.1, -0.05) is 18.2 Å². The van der Waals surface area contributed by atoms with Gasteiger partial charge in [0.1, 0.15) is 6.29 Å². The number of carbonyl (C=O) groups is 1. The van der Waals surface area contributed by atoms with Crippen LogP contribution in [-0.4, -0.2) is 11.3 Å². The first-order valence-corrected chi connectivity index (χ1v) is 4.18. The van der Waals surface area contributed by atoms with E-state index in [9.17, 15) is 18.0 Å². The van der Waals surface area contributed by atoms with Gasteiger partial charge in [-0.3, -0.25) is 4.98 Å². The Labute approximate surface area is 84.4 Å². The molecule has 5 heteroatoms. The van der Waals surface area contributed by atoms with Crippen LogP contribution in [0.3, 0.4) is 0 Å². The van der Waals surface area contributed by atoms with Crippen molar-refractivity contribution in [1.29, 1.82) is 0 Å². The van der Waals surface area contributed by atoms with Crippen LogP contribution in [0.4, 0.5) is 13.2 Å². The molecule has 1 aromatic heterocycles. The summed E-state index contributed by atoms with van der Waals surface area (Å²) in [6, 6.07) is 2.72. The van der Waals surface area contributed by atoms with E-state index in [1.807, 2.05) is 0 Å². The van der Waals surface area contributed by atoms with Crippen LogP contribution in [0.2, 0.25) is 0 Å². The Morgan fingerprint density at radius 2 is 2.13 bits per heavy atom. The molecular weight excluding hydrogens is 207 g/mol. The average Bonchev–Trinajstić information content (AvgIpc) is 2.17. The molecule has 0 aliphatic carbocycles. The van der Waals surface area contributed by atoms with Crippen molar-refractivity contribution in [1.82, 2.24) is 4.98 Å². The van der Waals surface area contributed by atoms with E-state index in [0.29, 0.717) is 6.29 Å². The Morgan fingerprint density at radius 3 is 2.73 bits per heavy atom. The molecule has 2 nitrogen and oxygen atoms in total. The molecule has 0 unspecified atom stereocenters. The second kappa shape index (κ2) is 4.72. The van der Waals surface area contributed by atoms with Crippen LogP contribution in [0.25, 0.3) is 6.08 Å². The smallest absolute Gasteiger partial charge is 0.303 e. The van der Waals surface area contributed by atoms with Crippen molar-refractivity contribution in [2.75, 3.05) is 0 Å². The van der Waals surface area contributed by atoms with Crippen LogP contribution < -0.4 is 0 Å². The van der Waals surface area contributed by atoms with Gasteiger partial charge < -0.3 is 4.79 Å². The maximum atomic E-state index is 12.4. The second-order valence-corrected chi connectivity index (χ2v) is 2.74. The minimum atomic E-state index is -4.47. The van der Waals surface area contributed by atoms with E-state index in [1.165, 1.54) is 24.3 Å². The molecule has 0 spiro atoms. The minimum Gasteiger partial charge on any atom is -0.303 e. The lowest BCUT2D eigenvalue weighted by Gasteiger charge is -2.07. The first kappa shape index (κ1) is 11.4. The van der Waals surface area contributed by atoms with E-state index in [0.717, 1.165) is 6.20 Å². The number of allylic oxidation sites excluding steroid dienone is 1. The summed E-state index contributed by atoms with van der Waals surface area (Å²) >= 11 is 0. The van der Waals surface area contributed by atoms with Gasteiger partial charge in [0, 0.05) is 18.2 Å². The van der Waals surface area contributed by atoms with Crippen molar-refractivity contribution < 1.29 is 18.0 Å². The highest BCUT2D eigenvalue weighted by atomic mass is 19.4. The van der Waals surface area contributed by atoms with Crippen molar-refractivity contribution in [3.05, 3.63) is 35.7 Å². The summed E-state index contributed by atoms with van der Waals surface area (Å²) in [6.45, 7) is 0. The molecule has 0 bridgehead atoms. The number of pyridine rings is 1. The predicted octanol–water partition coefficient (Wildman–Crippen LogP) is 2.70. The summed E-state index contributed by atoms with van der Waals surface area (Å²) in [6.07, 6.45) is -0.0855. The number of halogens is 3. The van der Waals surface area contributed by atoms with Gasteiger partial charge in [-0.15, -0.1) is 0 Å². The molecule has 0 saturated heterocycles. The number of aldehydes is 1. The van der Waals surface area contributed by atoms with Crippen molar-refractivity contribution in [3.63, 3.8) is 0 Å². The fourth-order valence-electron chi connectivity index (χ4n) is 1.04. The summed E-state index contributed by atoms with van der Waals surface area (Å²) in [5.74, 6) is 0. The Kier molecular flexibility index (Phi) is 3.60. The lowest BCUT2D eigenvalue weighted by atomic mass is 10.1. The lowest BCUT2D eigenvalue weighted by Crippen LogP contribution is -2.09. The van der Waals surface area contributed by atoms with E-state index < -0.39 is 11.9 Å². The molecule has 0 aromatic carbocycles. The Morgan fingerprint density at radius 1 is 1.40 bits per heavy atom. The van der Waals surface area contributed by atoms with Gasteiger partial charge in [-0.2, -0.15) is 13.2 Å². The average molecular weight is 215 g/mol.